The first-order valence-electron chi connectivity index (χ1n) is 8.50. The number of benzene rings is 1. The summed E-state index contributed by atoms with van der Waals surface area (Å²) in [6.45, 7) is 2.58. The molecule has 1 aromatic carbocycles. The van der Waals surface area contributed by atoms with Crippen molar-refractivity contribution >= 4 is 29.1 Å². The second-order valence-corrected chi connectivity index (χ2v) is 6.46. The molecule has 4 rings (SSSR count). The van der Waals surface area contributed by atoms with Crippen molar-refractivity contribution in [3.8, 4) is 5.75 Å². The lowest BCUT2D eigenvalue weighted by molar-refractivity contribution is -0.134. The van der Waals surface area contributed by atoms with Crippen molar-refractivity contribution in [3.63, 3.8) is 0 Å². The Morgan fingerprint density at radius 3 is 2.64 bits per heavy atom. The van der Waals surface area contributed by atoms with Crippen LogP contribution >= 0.6 is 0 Å². The molecule has 1 unspecified atom stereocenters. The zero-order valence-corrected chi connectivity index (χ0v) is 13.8. The Kier molecular flexibility index (Phi) is 3.95. The number of fused-ring (bicyclic) bond motifs is 1. The minimum Gasteiger partial charge on any atom is -0.479 e. The van der Waals surface area contributed by atoms with Gasteiger partial charge in [0, 0.05) is 32.6 Å². The van der Waals surface area contributed by atoms with E-state index < -0.39 is 0 Å². The molecule has 3 aliphatic heterocycles. The maximum atomic E-state index is 12.5. The fourth-order valence-corrected chi connectivity index (χ4v) is 3.54. The van der Waals surface area contributed by atoms with E-state index in [1.54, 1.807) is 0 Å². The monoisotopic (exact) mass is 344 g/mol. The standard InChI is InChI=1S/C17H20N4O4/c22-14-5-4-12(19-14)17(24)21-8-6-20(7-9-21)13-3-1-2-11-16(13)25-10-15(23)18-11/h1-3,12H,4-10H2,(H,18,23)(H,19,22). The number of amides is 3. The molecule has 3 amide bonds. The molecule has 0 bridgehead atoms. The van der Waals surface area contributed by atoms with Crippen molar-refractivity contribution in [1.29, 1.82) is 0 Å². The number of piperazine rings is 1. The molecule has 0 spiro atoms. The van der Waals surface area contributed by atoms with Crippen LogP contribution in [0.3, 0.4) is 0 Å². The van der Waals surface area contributed by atoms with Crippen LogP contribution < -0.4 is 20.3 Å². The number of rotatable bonds is 2. The van der Waals surface area contributed by atoms with Crippen LogP contribution in [0.2, 0.25) is 0 Å². The summed E-state index contributed by atoms with van der Waals surface area (Å²) in [6, 6.07) is 5.29. The van der Waals surface area contributed by atoms with Gasteiger partial charge in [-0.25, -0.2) is 0 Å². The van der Waals surface area contributed by atoms with E-state index in [4.69, 9.17) is 4.74 Å². The predicted molar refractivity (Wildman–Crippen MR) is 90.5 cm³/mol. The fraction of sp³-hybridized carbons (Fsp3) is 0.471. The Hall–Kier alpha value is -2.77. The van der Waals surface area contributed by atoms with Crippen LogP contribution in [0.5, 0.6) is 5.75 Å². The van der Waals surface area contributed by atoms with Gasteiger partial charge in [-0.05, 0) is 18.6 Å². The van der Waals surface area contributed by atoms with Crippen molar-refractivity contribution in [1.82, 2.24) is 10.2 Å². The molecule has 1 aromatic rings. The van der Waals surface area contributed by atoms with Gasteiger partial charge >= 0.3 is 0 Å². The third-order valence-corrected chi connectivity index (χ3v) is 4.84. The summed E-state index contributed by atoms with van der Waals surface area (Å²) in [5.74, 6) is 0.486. The second kappa shape index (κ2) is 6.27. The highest BCUT2D eigenvalue weighted by Gasteiger charge is 2.33. The summed E-state index contributed by atoms with van der Waals surface area (Å²) in [5.41, 5.74) is 1.61. The van der Waals surface area contributed by atoms with E-state index in [2.05, 4.69) is 15.5 Å². The smallest absolute Gasteiger partial charge is 0.262 e. The Balaban J connectivity index is 1.42. The van der Waals surface area contributed by atoms with E-state index in [0.29, 0.717) is 50.5 Å². The average molecular weight is 344 g/mol. The normalized spacial score (nSPS) is 22.8. The van der Waals surface area contributed by atoms with Crippen LogP contribution in [-0.2, 0) is 14.4 Å². The summed E-state index contributed by atoms with van der Waals surface area (Å²) in [4.78, 5) is 39.2. The number of nitrogens with one attached hydrogen (secondary N) is 2. The topological polar surface area (TPSA) is 91.0 Å². The van der Waals surface area contributed by atoms with Gasteiger partial charge < -0.3 is 25.2 Å². The third-order valence-electron chi connectivity index (χ3n) is 4.84. The highest BCUT2D eigenvalue weighted by Crippen LogP contribution is 2.38. The van der Waals surface area contributed by atoms with Gasteiger partial charge in [0.1, 0.15) is 6.04 Å². The predicted octanol–water partition coefficient (Wildman–Crippen LogP) is -0.0553. The van der Waals surface area contributed by atoms with Crippen molar-refractivity contribution in [2.75, 3.05) is 43.0 Å². The number of para-hydroxylation sites is 1. The van der Waals surface area contributed by atoms with Crippen molar-refractivity contribution in [2.24, 2.45) is 0 Å². The minimum atomic E-state index is -0.373. The lowest BCUT2D eigenvalue weighted by Crippen LogP contribution is -2.53. The zero-order valence-electron chi connectivity index (χ0n) is 13.8. The highest BCUT2D eigenvalue weighted by atomic mass is 16.5. The van der Waals surface area contributed by atoms with Crippen molar-refractivity contribution < 1.29 is 19.1 Å². The molecule has 3 aliphatic rings. The molecule has 0 saturated carbocycles. The first-order valence-corrected chi connectivity index (χ1v) is 8.50. The molecule has 1 atom stereocenters. The van der Waals surface area contributed by atoms with Gasteiger partial charge in [0.2, 0.25) is 11.8 Å². The molecule has 132 valence electrons. The minimum absolute atomic E-state index is 0.00380. The number of anilines is 2. The lowest BCUT2D eigenvalue weighted by atomic mass is 10.1. The molecule has 8 nitrogen and oxygen atoms in total. The average Bonchev–Trinajstić information content (AvgIpc) is 3.07. The van der Waals surface area contributed by atoms with E-state index in [9.17, 15) is 14.4 Å². The van der Waals surface area contributed by atoms with Crippen LogP contribution in [0.25, 0.3) is 0 Å². The summed E-state index contributed by atoms with van der Waals surface area (Å²) in [6.07, 6.45) is 1.01. The maximum absolute atomic E-state index is 12.5. The summed E-state index contributed by atoms with van der Waals surface area (Å²) in [5, 5.41) is 5.55. The van der Waals surface area contributed by atoms with E-state index in [0.717, 1.165) is 5.69 Å². The molecule has 2 fully saturated rings. The van der Waals surface area contributed by atoms with E-state index in [1.165, 1.54) is 0 Å². The van der Waals surface area contributed by atoms with E-state index in [1.807, 2.05) is 23.1 Å². The number of carbonyl (C=O) groups is 3. The molecule has 0 aliphatic carbocycles. The SMILES string of the molecule is O=C1COc2c(cccc2N2CCN(C(=O)C3CCC(=O)N3)CC2)N1. The molecule has 0 radical (unpaired) electrons. The maximum Gasteiger partial charge on any atom is 0.262 e. The van der Waals surface area contributed by atoms with Gasteiger partial charge in [0.25, 0.3) is 5.91 Å². The summed E-state index contributed by atoms with van der Waals surface area (Å²) < 4.78 is 5.61. The number of nitrogens with zero attached hydrogens (tertiary/aromatic N) is 2. The first-order chi connectivity index (χ1) is 12.1. The Bertz CT molecular complexity index is 727. The van der Waals surface area contributed by atoms with Gasteiger partial charge in [-0.3, -0.25) is 14.4 Å². The molecular formula is C17H20N4O4. The van der Waals surface area contributed by atoms with E-state index in [-0.39, 0.29) is 30.4 Å². The Morgan fingerprint density at radius 1 is 1.12 bits per heavy atom. The fourth-order valence-electron chi connectivity index (χ4n) is 3.54. The second-order valence-electron chi connectivity index (χ2n) is 6.46. The van der Waals surface area contributed by atoms with Gasteiger partial charge in [-0.1, -0.05) is 6.07 Å². The summed E-state index contributed by atoms with van der Waals surface area (Å²) in [7, 11) is 0. The molecule has 2 saturated heterocycles. The van der Waals surface area contributed by atoms with E-state index >= 15 is 0 Å². The van der Waals surface area contributed by atoms with Crippen LogP contribution in [0.4, 0.5) is 11.4 Å². The first kappa shape index (κ1) is 15.7. The third kappa shape index (κ3) is 2.99. The molecule has 8 heteroatoms. The van der Waals surface area contributed by atoms with Crippen molar-refractivity contribution in [2.45, 2.75) is 18.9 Å². The molecule has 25 heavy (non-hydrogen) atoms. The number of hydrogen-bond acceptors (Lipinski definition) is 5. The van der Waals surface area contributed by atoms with Gasteiger partial charge in [0.15, 0.2) is 12.4 Å². The quantitative estimate of drug-likeness (QED) is 0.785. The van der Waals surface area contributed by atoms with Crippen LogP contribution in [-0.4, -0.2) is 61.4 Å². The lowest BCUT2D eigenvalue weighted by Gasteiger charge is -2.38. The highest BCUT2D eigenvalue weighted by molar-refractivity contribution is 5.97. The van der Waals surface area contributed by atoms with Crippen molar-refractivity contribution in [3.05, 3.63) is 18.2 Å². The largest absolute Gasteiger partial charge is 0.479 e. The number of hydrogen-bond donors (Lipinski definition) is 2. The van der Waals surface area contributed by atoms with Gasteiger partial charge in [-0.15, -0.1) is 0 Å². The molecule has 2 N–H and O–H groups in total. The molecule has 0 aromatic heterocycles. The molecule has 3 heterocycles. The zero-order chi connectivity index (χ0) is 17.4. The van der Waals surface area contributed by atoms with Gasteiger partial charge in [0.05, 0.1) is 11.4 Å². The molecular weight excluding hydrogens is 324 g/mol. The Morgan fingerprint density at radius 2 is 1.92 bits per heavy atom. The van der Waals surface area contributed by atoms with Gasteiger partial charge in [-0.2, -0.15) is 0 Å². The van der Waals surface area contributed by atoms with Crippen LogP contribution in [0, 0.1) is 0 Å². The number of ether oxygens (including phenoxy) is 1. The number of carbonyl (C=O) groups excluding carboxylic acids is 3. The van der Waals surface area contributed by atoms with Crippen LogP contribution in [0.1, 0.15) is 12.8 Å². The summed E-state index contributed by atoms with van der Waals surface area (Å²) >= 11 is 0. The Labute approximate surface area is 145 Å². The van der Waals surface area contributed by atoms with Crippen LogP contribution in [0.15, 0.2) is 18.2 Å².